The van der Waals surface area contributed by atoms with Crippen molar-refractivity contribution in [1.82, 2.24) is 26.6 Å². The molecule has 0 aromatic heterocycles. The van der Waals surface area contributed by atoms with E-state index in [1.807, 2.05) is 13.8 Å². The van der Waals surface area contributed by atoms with Crippen LogP contribution < -0.4 is 38.1 Å². The molecule has 0 radical (unpaired) electrons. The van der Waals surface area contributed by atoms with Gasteiger partial charge >= 0.3 is 11.9 Å². The number of carboxylic acid groups (broad SMARTS) is 2. The smallest absolute Gasteiger partial charge is 0.325 e. The molecule has 0 spiro atoms. The molecule has 16 nitrogen and oxygen atoms in total. The van der Waals surface area contributed by atoms with Crippen molar-refractivity contribution in [2.24, 2.45) is 22.4 Å². The summed E-state index contributed by atoms with van der Waals surface area (Å²) < 4.78 is 0. The third kappa shape index (κ3) is 13.8. The van der Waals surface area contributed by atoms with Crippen molar-refractivity contribution in [2.75, 3.05) is 13.1 Å². The predicted molar refractivity (Wildman–Crippen MR) is 148 cm³/mol. The van der Waals surface area contributed by atoms with Crippen LogP contribution in [0.5, 0.6) is 0 Å². The molecule has 0 aliphatic carbocycles. The summed E-state index contributed by atoms with van der Waals surface area (Å²) in [5.74, 6) is -5.32. The first-order valence-corrected chi connectivity index (χ1v) is 13.7. The maximum atomic E-state index is 13.3. The number of aliphatic imine (C=N–C) groups is 1. The summed E-state index contributed by atoms with van der Waals surface area (Å²) in [6.45, 7) is 5.81. The van der Waals surface area contributed by atoms with E-state index >= 15 is 0 Å². The Balaban J connectivity index is 3.11. The van der Waals surface area contributed by atoms with Crippen LogP contribution >= 0.6 is 0 Å². The highest BCUT2D eigenvalue weighted by Gasteiger charge is 2.32. The first-order chi connectivity index (χ1) is 19.2. The van der Waals surface area contributed by atoms with Crippen LogP contribution in [0.15, 0.2) is 4.99 Å². The molecule has 0 bridgehead atoms. The van der Waals surface area contributed by atoms with Crippen LogP contribution in [0, 0.1) is 5.92 Å². The number of hydrogen-bond donors (Lipinski definition) is 9. The molecule has 5 atom stereocenters. The lowest BCUT2D eigenvalue weighted by Gasteiger charge is -2.26. The molecule has 1 heterocycles. The zero-order chi connectivity index (χ0) is 31.1. The van der Waals surface area contributed by atoms with Gasteiger partial charge in [-0.2, -0.15) is 0 Å². The predicted octanol–water partition coefficient (Wildman–Crippen LogP) is -2.25. The Hall–Kier alpha value is -3.95. The first-order valence-electron chi connectivity index (χ1n) is 13.7. The van der Waals surface area contributed by atoms with Gasteiger partial charge < -0.3 is 48.3 Å². The largest absolute Gasteiger partial charge is 0.481 e. The molecule has 0 aromatic carbocycles. The average Bonchev–Trinajstić information content (AvgIpc) is 3.42. The molecule has 1 fully saturated rings. The summed E-state index contributed by atoms with van der Waals surface area (Å²) in [6.07, 6.45) is 1.25. The van der Waals surface area contributed by atoms with E-state index in [2.05, 4.69) is 31.6 Å². The van der Waals surface area contributed by atoms with Gasteiger partial charge in [-0.3, -0.25) is 33.8 Å². The Labute approximate surface area is 238 Å². The van der Waals surface area contributed by atoms with Gasteiger partial charge in [-0.05, 0) is 57.9 Å². The van der Waals surface area contributed by atoms with Crippen molar-refractivity contribution in [3.05, 3.63) is 0 Å². The summed E-state index contributed by atoms with van der Waals surface area (Å²) in [5.41, 5.74) is 10.7. The minimum absolute atomic E-state index is 0.0250. The van der Waals surface area contributed by atoms with Crippen LogP contribution in [0.2, 0.25) is 0 Å². The minimum Gasteiger partial charge on any atom is -0.481 e. The molecule has 11 N–H and O–H groups in total. The maximum Gasteiger partial charge on any atom is 0.325 e. The van der Waals surface area contributed by atoms with Gasteiger partial charge in [0.25, 0.3) is 0 Å². The van der Waals surface area contributed by atoms with Crippen molar-refractivity contribution < 1.29 is 39.0 Å². The zero-order valence-electron chi connectivity index (χ0n) is 23.8. The molecule has 16 heteroatoms. The molecule has 1 aliphatic rings. The second-order valence-corrected chi connectivity index (χ2v) is 10.4. The van der Waals surface area contributed by atoms with Crippen molar-refractivity contribution >= 4 is 41.5 Å². The van der Waals surface area contributed by atoms with Crippen molar-refractivity contribution in [3.63, 3.8) is 0 Å². The number of aliphatic carboxylic acids is 2. The SMILES string of the molecule is CC(C)CC(NC(=O)C1CCCN1)C(=O)NC(CCCN=C(N)N)C(=O)NC(CCC(=O)O)C(=O)NC(C)C(=O)O. The number of carbonyl (C=O) groups excluding carboxylic acids is 4. The van der Waals surface area contributed by atoms with Crippen LogP contribution in [0.3, 0.4) is 0 Å². The molecule has 1 saturated heterocycles. The van der Waals surface area contributed by atoms with Crippen LogP contribution in [-0.2, 0) is 28.8 Å². The Morgan fingerprint density at radius 1 is 0.878 bits per heavy atom. The molecule has 0 aromatic rings. The topological polar surface area (TPSA) is 267 Å². The fourth-order valence-electron chi connectivity index (χ4n) is 4.11. The summed E-state index contributed by atoms with van der Waals surface area (Å²) in [6, 6.07) is -5.25. The summed E-state index contributed by atoms with van der Waals surface area (Å²) >= 11 is 0. The molecule has 1 rings (SSSR count). The summed E-state index contributed by atoms with van der Waals surface area (Å²) in [4.78, 5) is 78.2. The van der Waals surface area contributed by atoms with Gasteiger partial charge in [0.05, 0.1) is 6.04 Å². The Morgan fingerprint density at radius 2 is 1.46 bits per heavy atom. The number of carbonyl (C=O) groups is 6. The van der Waals surface area contributed by atoms with E-state index < -0.39 is 66.3 Å². The lowest BCUT2D eigenvalue weighted by molar-refractivity contribution is -0.142. The molecule has 41 heavy (non-hydrogen) atoms. The number of nitrogens with one attached hydrogen (secondary N) is 5. The molecule has 1 aliphatic heterocycles. The third-order valence-corrected chi connectivity index (χ3v) is 6.30. The fraction of sp³-hybridized carbons (Fsp3) is 0.720. The van der Waals surface area contributed by atoms with E-state index in [1.165, 1.54) is 6.92 Å². The molecule has 232 valence electrons. The third-order valence-electron chi connectivity index (χ3n) is 6.30. The standard InChI is InChI=1S/C25H44N8O8/c1-13(2)12-18(33-20(36)15-6-4-10-28-15)23(39)31-16(7-5-11-29-25(26)27)22(38)32-17(8-9-19(34)35)21(37)30-14(3)24(40)41/h13-18,28H,4-12H2,1-3H3,(H,30,37)(H,31,39)(H,32,38)(H,33,36)(H,34,35)(H,40,41)(H4,26,27,29). The van der Waals surface area contributed by atoms with E-state index in [0.717, 1.165) is 6.42 Å². The Morgan fingerprint density at radius 3 is 1.98 bits per heavy atom. The highest BCUT2D eigenvalue weighted by molar-refractivity contribution is 5.95. The normalized spacial score (nSPS) is 17.4. The number of hydrogen-bond acceptors (Lipinski definition) is 8. The van der Waals surface area contributed by atoms with E-state index in [-0.39, 0.29) is 43.6 Å². The second kappa shape index (κ2) is 17.7. The number of guanidine groups is 1. The van der Waals surface area contributed by atoms with Crippen molar-refractivity contribution in [1.29, 1.82) is 0 Å². The first kappa shape index (κ1) is 35.1. The van der Waals surface area contributed by atoms with Crippen molar-refractivity contribution in [2.45, 2.75) is 95.9 Å². The molecular weight excluding hydrogens is 540 g/mol. The molecule has 0 saturated carbocycles. The quantitative estimate of drug-likeness (QED) is 0.0471. The number of rotatable bonds is 18. The number of nitrogens with zero attached hydrogens (tertiary/aromatic N) is 1. The van der Waals surface area contributed by atoms with E-state index in [1.54, 1.807) is 0 Å². The van der Waals surface area contributed by atoms with Gasteiger partial charge in [0, 0.05) is 13.0 Å². The fourth-order valence-corrected chi connectivity index (χ4v) is 4.11. The van der Waals surface area contributed by atoms with Crippen LogP contribution in [0.4, 0.5) is 0 Å². The van der Waals surface area contributed by atoms with Gasteiger partial charge in [0.2, 0.25) is 23.6 Å². The van der Waals surface area contributed by atoms with Gasteiger partial charge in [-0.15, -0.1) is 0 Å². The van der Waals surface area contributed by atoms with Gasteiger partial charge in [0.1, 0.15) is 24.2 Å². The van der Waals surface area contributed by atoms with E-state index in [0.29, 0.717) is 19.4 Å². The van der Waals surface area contributed by atoms with Gasteiger partial charge in [-0.1, -0.05) is 13.8 Å². The Kier molecular flexibility index (Phi) is 15.1. The molecule has 4 amide bonds. The second-order valence-electron chi connectivity index (χ2n) is 10.4. The number of nitrogens with two attached hydrogens (primary N) is 2. The van der Waals surface area contributed by atoms with E-state index in [4.69, 9.17) is 21.7 Å². The zero-order valence-corrected chi connectivity index (χ0v) is 23.8. The highest BCUT2D eigenvalue weighted by Crippen LogP contribution is 2.10. The van der Waals surface area contributed by atoms with Crippen molar-refractivity contribution in [3.8, 4) is 0 Å². The summed E-state index contributed by atoms with van der Waals surface area (Å²) in [7, 11) is 0. The number of amides is 4. The van der Waals surface area contributed by atoms with E-state index in [9.17, 15) is 28.8 Å². The van der Waals surface area contributed by atoms with Gasteiger partial charge in [0.15, 0.2) is 5.96 Å². The summed E-state index contributed by atoms with van der Waals surface area (Å²) in [5, 5.41) is 31.3. The van der Waals surface area contributed by atoms with Crippen LogP contribution in [-0.4, -0.2) is 95.0 Å². The average molecular weight is 585 g/mol. The lowest BCUT2D eigenvalue weighted by atomic mass is 10.0. The molecular formula is C25H44N8O8. The Bertz CT molecular complexity index is 963. The van der Waals surface area contributed by atoms with Gasteiger partial charge in [-0.25, -0.2) is 0 Å². The van der Waals surface area contributed by atoms with Crippen LogP contribution in [0.25, 0.3) is 0 Å². The maximum absolute atomic E-state index is 13.3. The lowest BCUT2D eigenvalue weighted by Crippen LogP contribution is -2.58. The van der Waals surface area contributed by atoms with Crippen LogP contribution in [0.1, 0.15) is 65.7 Å². The monoisotopic (exact) mass is 584 g/mol. The number of carboxylic acids is 2. The molecule has 5 unspecified atom stereocenters. The highest BCUT2D eigenvalue weighted by atomic mass is 16.4. The minimum atomic E-state index is -1.39.